The van der Waals surface area contributed by atoms with Gasteiger partial charge in [0, 0.05) is 17.0 Å². The van der Waals surface area contributed by atoms with E-state index in [0.717, 1.165) is 4.68 Å². The Morgan fingerprint density at radius 3 is 2.45 bits per heavy atom. The minimum Gasteiger partial charge on any atom is -0.394 e. The molecule has 0 unspecified atom stereocenters. The molecule has 1 aromatic heterocycles. The van der Waals surface area contributed by atoms with Crippen molar-refractivity contribution in [3.05, 3.63) is 95.2 Å². The summed E-state index contributed by atoms with van der Waals surface area (Å²) in [7, 11) is 0. The summed E-state index contributed by atoms with van der Waals surface area (Å²) in [6.45, 7) is -0.721. The summed E-state index contributed by atoms with van der Waals surface area (Å²) in [4.78, 5) is 12.7. The number of aliphatic hydroxyl groups is 3. The summed E-state index contributed by atoms with van der Waals surface area (Å²) in [5, 5.41) is 41.1. The second-order valence-electron chi connectivity index (χ2n) is 10.7. The summed E-state index contributed by atoms with van der Waals surface area (Å²) in [6, 6.07) is 10.4. The van der Waals surface area contributed by atoms with Crippen molar-refractivity contribution in [2.45, 2.75) is 42.5 Å². The summed E-state index contributed by atoms with van der Waals surface area (Å²) in [6.07, 6.45) is -3.34. The van der Waals surface area contributed by atoms with Crippen LogP contribution in [0.2, 0.25) is 0 Å². The number of benzene rings is 3. The lowest BCUT2D eigenvalue weighted by Crippen LogP contribution is -2.64. The highest BCUT2D eigenvalue weighted by molar-refractivity contribution is 5.97. The lowest BCUT2D eigenvalue weighted by molar-refractivity contribution is -0.344. The molecule has 2 aliphatic rings. The van der Waals surface area contributed by atoms with Crippen LogP contribution in [0.15, 0.2) is 60.8 Å². The highest BCUT2D eigenvalue weighted by Gasteiger charge is 2.62. The van der Waals surface area contributed by atoms with Crippen molar-refractivity contribution in [1.82, 2.24) is 15.0 Å². The number of hydrogen-bond donors (Lipinski definition) is 4. The molecule has 0 radical (unpaired) electrons. The van der Waals surface area contributed by atoms with Crippen LogP contribution in [0.25, 0.3) is 22.4 Å². The van der Waals surface area contributed by atoms with Crippen LogP contribution in [0.3, 0.4) is 0 Å². The van der Waals surface area contributed by atoms with Gasteiger partial charge in [-0.3, -0.25) is 4.79 Å². The van der Waals surface area contributed by atoms with Crippen molar-refractivity contribution < 1.29 is 47.1 Å². The van der Waals surface area contributed by atoms with E-state index in [4.69, 9.17) is 15.2 Å². The number of carbonyl (C=O) groups excluding carboxylic acids is 1. The molecule has 1 spiro atoms. The molecule has 230 valence electrons. The molecule has 14 heteroatoms. The molecule has 6 rings (SSSR count). The van der Waals surface area contributed by atoms with E-state index < -0.39 is 71.8 Å². The lowest BCUT2D eigenvalue weighted by Gasteiger charge is -2.50. The standard InChI is InChI=1S/C30H26F4N4O6/c31-16-4-1-3-14(9-16)17-5-2-6-18(29(35)42)24(17)19-7-8-43-30(19)28(41)26(27(40)23(13-39)44-30)38-12-22(36-37-38)15-10-20(32)25(34)21(33)11-15/h1-6,9-12,19,23,26-28,39-41H,7-8,13H2,(H2,35,42)/t19-,23-,26+,27+,28-,30+/m1/s1. The number of nitrogens with zero attached hydrogens (tertiary/aromatic N) is 3. The zero-order valence-electron chi connectivity index (χ0n) is 22.8. The number of nitrogens with two attached hydrogens (primary N) is 1. The summed E-state index contributed by atoms with van der Waals surface area (Å²) >= 11 is 0. The van der Waals surface area contributed by atoms with Gasteiger partial charge in [0.2, 0.25) is 11.7 Å². The predicted octanol–water partition coefficient (Wildman–Crippen LogP) is 2.82. The van der Waals surface area contributed by atoms with Gasteiger partial charge in [-0.25, -0.2) is 22.2 Å². The first-order valence-electron chi connectivity index (χ1n) is 13.6. The first kappa shape index (κ1) is 29.8. The van der Waals surface area contributed by atoms with Gasteiger partial charge in [0.05, 0.1) is 19.4 Å². The maximum absolute atomic E-state index is 14.3. The van der Waals surface area contributed by atoms with E-state index in [0.29, 0.717) is 28.8 Å². The molecule has 3 aromatic carbocycles. The van der Waals surface area contributed by atoms with E-state index in [1.807, 2.05) is 0 Å². The Morgan fingerprint density at radius 1 is 1.05 bits per heavy atom. The number of halogens is 4. The second kappa shape index (κ2) is 11.4. The average Bonchev–Trinajstić information content (AvgIpc) is 3.65. The Kier molecular flexibility index (Phi) is 7.71. The van der Waals surface area contributed by atoms with Crippen LogP contribution < -0.4 is 5.73 Å². The summed E-state index contributed by atoms with van der Waals surface area (Å²) < 4.78 is 68.8. The molecule has 3 heterocycles. The maximum Gasteiger partial charge on any atom is 0.249 e. The van der Waals surface area contributed by atoms with E-state index in [9.17, 15) is 37.7 Å². The molecule has 0 bridgehead atoms. The molecule has 1 amide bonds. The van der Waals surface area contributed by atoms with Crippen LogP contribution in [0.4, 0.5) is 17.6 Å². The third kappa shape index (κ3) is 4.84. The van der Waals surface area contributed by atoms with E-state index in [1.54, 1.807) is 18.2 Å². The SMILES string of the molecule is NC(=O)c1cccc(-c2cccc(F)c2)c1[C@H]1CCO[C@]12O[C@H](CO)[C@H](O)[C@H](n1cc(-c3cc(F)c(F)c(F)c3)nn1)[C@H]2O. The van der Waals surface area contributed by atoms with E-state index in [2.05, 4.69) is 10.3 Å². The Labute approximate surface area is 247 Å². The fourth-order valence-electron chi connectivity index (χ4n) is 6.18. The van der Waals surface area contributed by atoms with Crippen molar-refractivity contribution in [1.29, 1.82) is 0 Å². The van der Waals surface area contributed by atoms with Gasteiger partial charge in [0.15, 0.2) is 17.5 Å². The van der Waals surface area contributed by atoms with Gasteiger partial charge < -0.3 is 30.5 Å². The van der Waals surface area contributed by atoms with Crippen LogP contribution in [0.5, 0.6) is 0 Å². The molecule has 0 saturated carbocycles. The topological polar surface area (TPSA) is 153 Å². The van der Waals surface area contributed by atoms with Crippen LogP contribution >= 0.6 is 0 Å². The molecule has 2 saturated heterocycles. The first-order chi connectivity index (χ1) is 21.1. The number of primary amides is 1. The number of aromatic nitrogens is 3. The van der Waals surface area contributed by atoms with E-state index >= 15 is 0 Å². The smallest absolute Gasteiger partial charge is 0.249 e. The average molecular weight is 615 g/mol. The fraction of sp³-hybridized carbons (Fsp3) is 0.300. The van der Waals surface area contributed by atoms with Crippen molar-refractivity contribution in [2.24, 2.45) is 5.73 Å². The minimum atomic E-state index is -1.99. The summed E-state index contributed by atoms with van der Waals surface area (Å²) in [5.41, 5.74) is 6.66. The van der Waals surface area contributed by atoms with Gasteiger partial charge in [-0.15, -0.1) is 5.10 Å². The van der Waals surface area contributed by atoms with Crippen LogP contribution in [0.1, 0.15) is 34.3 Å². The Morgan fingerprint density at radius 2 is 1.77 bits per heavy atom. The molecule has 2 fully saturated rings. The highest BCUT2D eigenvalue weighted by atomic mass is 19.2. The number of ether oxygens (including phenoxy) is 2. The zero-order valence-corrected chi connectivity index (χ0v) is 22.8. The normalized spacial score (nSPS) is 26.8. The van der Waals surface area contributed by atoms with Gasteiger partial charge in [-0.05, 0) is 53.4 Å². The van der Waals surface area contributed by atoms with Gasteiger partial charge in [0.1, 0.15) is 35.9 Å². The molecule has 44 heavy (non-hydrogen) atoms. The largest absolute Gasteiger partial charge is 0.394 e. The highest BCUT2D eigenvalue weighted by Crippen LogP contribution is 2.52. The molecular weight excluding hydrogens is 588 g/mol. The minimum absolute atomic E-state index is 0.00905. The number of rotatable bonds is 6. The molecule has 0 aliphatic carbocycles. The quantitative estimate of drug-likeness (QED) is 0.191. The molecule has 4 aromatic rings. The third-order valence-electron chi connectivity index (χ3n) is 8.15. The number of carbonyl (C=O) groups is 1. The first-order valence-corrected chi connectivity index (χ1v) is 13.6. The molecule has 10 nitrogen and oxygen atoms in total. The van der Waals surface area contributed by atoms with E-state index in [1.165, 1.54) is 30.5 Å². The molecule has 6 atom stereocenters. The Hall–Kier alpha value is -4.21. The number of hydrogen-bond acceptors (Lipinski definition) is 8. The Balaban J connectivity index is 1.47. The third-order valence-corrected chi connectivity index (χ3v) is 8.15. The van der Waals surface area contributed by atoms with Crippen LogP contribution in [-0.2, 0) is 9.47 Å². The van der Waals surface area contributed by atoms with Crippen molar-refractivity contribution >= 4 is 5.91 Å². The van der Waals surface area contributed by atoms with Crippen molar-refractivity contribution in [3.8, 4) is 22.4 Å². The molecule has 5 N–H and O–H groups in total. The van der Waals surface area contributed by atoms with Crippen molar-refractivity contribution in [3.63, 3.8) is 0 Å². The lowest BCUT2D eigenvalue weighted by atomic mass is 9.76. The monoisotopic (exact) mass is 614 g/mol. The van der Waals surface area contributed by atoms with Crippen molar-refractivity contribution in [2.75, 3.05) is 13.2 Å². The number of aliphatic hydroxyl groups excluding tert-OH is 3. The van der Waals surface area contributed by atoms with Gasteiger partial charge in [0.25, 0.3) is 0 Å². The summed E-state index contributed by atoms with van der Waals surface area (Å²) in [5.74, 6) is -8.84. The van der Waals surface area contributed by atoms with Crippen LogP contribution in [-0.4, -0.2) is 73.5 Å². The molecule has 2 aliphatic heterocycles. The van der Waals surface area contributed by atoms with E-state index in [-0.39, 0.29) is 29.8 Å². The number of amides is 1. The predicted molar refractivity (Wildman–Crippen MR) is 145 cm³/mol. The van der Waals surface area contributed by atoms with Crippen LogP contribution in [0, 0.1) is 23.3 Å². The Bertz CT molecular complexity index is 1710. The molecular formula is C30H26F4N4O6. The maximum atomic E-state index is 14.3. The van der Waals surface area contributed by atoms with Gasteiger partial charge in [-0.1, -0.05) is 29.5 Å². The van der Waals surface area contributed by atoms with Gasteiger partial charge >= 0.3 is 0 Å². The zero-order chi connectivity index (χ0) is 31.3. The fourth-order valence-corrected chi connectivity index (χ4v) is 6.18. The second-order valence-corrected chi connectivity index (χ2v) is 10.7. The van der Waals surface area contributed by atoms with Gasteiger partial charge in [-0.2, -0.15) is 0 Å².